The van der Waals surface area contributed by atoms with Crippen LogP contribution in [-0.4, -0.2) is 224 Å². The van der Waals surface area contributed by atoms with E-state index in [1.54, 1.807) is 0 Å². The molecule has 0 aliphatic carbocycles. The fourth-order valence-electron chi connectivity index (χ4n) is 8.54. The van der Waals surface area contributed by atoms with Crippen molar-refractivity contribution in [2.45, 2.75) is 188 Å². The second kappa shape index (κ2) is 29.4. The summed E-state index contributed by atoms with van der Waals surface area (Å²) in [5.74, 6) is -2.66. The molecule has 22 heteroatoms. The molecule has 0 amide bonds. The number of halogens is 1. The van der Waals surface area contributed by atoms with Crippen molar-refractivity contribution >= 4 is 23.1 Å². The smallest absolute Gasteiger partial charge is 1.00 e. The summed E-state index contributed by atoms with van der Waals surface area (Å²) in [4.78, 5) is 17.5. The van der Waals surface area contributed by atoms with Gasteiger partial charge in [-0.15, -0.1) is 13.1 Å². The van der Waals surface area contributed by atoms with Crippen LogP contribution in [0.5, 0.6) is 0 Å². The van der Waals surface area contributed by atoms with Gasteiger partial charge < -0.3 is 93.9 Å². The Kier molecular flexibility index (Phi) is 27.9. The predicted molar refractivity (Wildman–Crippen MR) is 242 cm³/mol. The zero-order valence-electron chi connectivity index (χ0n) is 39.2. The van der Waals surface area contributed by atoms with E-state index in [-0.39, 0.29) is 105 Å². The predicted octanol–water partition coefficient (Wildman–Crippen LogP) is 1.07. The standard InChI is InChI=1S/C18H30O8.C16H27NO7.C4H9NO.C4H8NO.3CH4.BrH.Mg/c1-17(2)20-10-12(23-17)13-14(15-16(22-13)25-18(3,4)24-15)26-21-9-11-7-5-6-8-19-11;1-15(2)19-9-10(21-15)11-12(24-17-5-7-18-8-6-17)13-14(20-11)23-16(3,4)22-13;2*1-3-6-4-2-5-1;;;;;/h11-16H,5-10H2,1-4H3;10-14H,5-9H2,1-4H3;5H,1-4H2;1-4H2;3*1H4;1H;/q;;;-1;;;;;+2/p-1/t11?,12-,13-,14?,15+,16-;10-,11-,12?,13+,14-;;;;;;;/m11......./s1. The Balaban J connectivity index is 0.000000347. The number of hydrogen-bond donors (Lipinski definition) is 1. The first-order valence-electron chi connectivity index (χ1n) is 22.7. The number of nitrogens with one attached hydrogen (secondary N) is 1. The molecule has 0 radical (unpaired) electrons. The maximum absolute atomic E-state index is 6.24. The third-order valence-electron chi connectivity index (χ3n) is 11.4. The average Bonchev–Trinajstić information content (AvgIpc) is 4.09. The molecule has 10 rings (SSSR count). The third-order valence-corrected chi connectivity index (χ3v) is 11.4. The number of fused-ring (bicyclic) bond motifs is 2. The Hall–Kier alpha value is 0.446. The van der Waals surface area contributed by atoms with Crippen LogP contribution in [0.2, 0.25) is 0 Å². The number of rotatable bonds is 8. The molecule has 1 N–H and O–H groups in total. The van der Waals surface area contributed by atoms with Gasteiger partial charge in [0.2, 0.25) is 0 Å². The monoisotopic (exact) mass is 1040 g/mol. The van der Waals surface area contributed by atoms with E-state index >= 15 is 0 Å². The molecule has 0 bridgehead atoms. The molecule has 0 aromatic rings. The van der Waals surface area contributed by atoms with Crippen molar-refractivity contribution in [3.05, 3.63) is 5.32 Å². The number of ether oxygens (including phenoxy) is 14. The summed E-state index contributed by atoms with van der Waals surface area (Å²) < 4.78 is 80.3. The summed E-state index contributed by atoms with van der Waals surface area (Å²) in [7, 11) is 0. The molecule has 0 aromatic carbocycles. The molecule has 10 saturated heterocycles. The summed E-state index contributed by atoms with van der Waals surface area (Å²) >= 11 is 0. The quantitative estimate of drug-likeness (QED) is 0.207. The van der Waals surface area contributed by atoms with Crippen LogP contribution in [0.3, 0.4) is 0 Å². The molecule has 20 nitrogen and oxygen atoms in total. The topological polar surface area (TPSA) is 186 Å². The molecule has 392 valence electrons. The van der Waals surface area contributed by atoms with E-state index in [0.29, 0.717) is 33.0 Å². The minimum Gasteiger partial charge on any atom is -1.00 e. The van der Waals surface area contributed by atoms with E-state index in [1.807, 2.05) is 60.5 Å². The van der Waals surface area contributed by atoms with Gasteiger partial charge in [-0.2, -0.15) is 5.06 Å². The molecular weight excluding hydrogens is 959 g/mol. The van der Waals surface area contributed by atoms with Crippen LogP contribution in [0.15, 0.2) is 0 Å². The van der Waals surface area contributed by atoms with Crippen LogP contribution < -0.4 is 22.3 Å². The molecule has 10 aliphatic heterocycles. The summed E-state index contributed by atoms with van der Waals surface area (Å²) in [6, 6.07) is 0. The van der Waals surface area contributed by atoms with Crippen molar-refractivity contribution in [1.82, 2.24) is 10.4 Å². The molecule has 10 fully saturated rings. The fourth-order valence-corrected chi connectivity index (χ4v) is 8.54. The molecule has 10 heterocycles. The summed E-state index contributed by atoms with van der Waals surface area (Å²) in [5, 5.41) is 9.13. The van der Waals surface area contributed by atoms with Crippen molar-refractivity contribution in [2.75, 3.05) is 105 Å². The van der Waals surface area contributed by atoms with Crippen molar-refractivity contribution in [2.24, 2.45) is 0 Å². The Morgan fingerprint density at radius 3 is 1.51 bits per heavy atom. The van der Waals surface area contributed by atoms with E-state index in [1.165, 1.54) is 0 Å². The van der Waals surface area contributed by atoms with E-state index in [2.05, 4.69) is 10.6 Å². The third kappa shape index (κ3) is 19.0. The van der Waals surface area contributed by atoms with E-state index in [9.17, 15) is 0 Å². The molecule has 0 spiro atoms. The van der Waals surface area contributed by atoms with Crippen molar-refractivity contribution in [3.8, 4) is 0 Å². The van der Waals surface area contributed by atoms with Gasteiger partial charge in [0.25, 0.3) is 0 Å². The van der Waals surface area contributed by atoms with Gasteiger partial charge in [0.05, 0.1) is 45.7 Å². The number of nitrogens with zero attached hydrogens (tertiary/aromatic N) is 2. The Bertz CT molecular complexity index is 1310. The molecule has 10 aliphatic rings. The van der Waals surface area contributed by atoms with Crippen molar-refractivity contribution in [1.29, 1.82) is 0 Å². The Morgan fingerprint density at radius 1 is 0.582 bits per heavy atom. The normalized spacial score (nSPS) is 37.5. The molecule has 0 aromatic heterocycles. The first-order valence-corrected chi connectivity index (χ1v) is 22.7. The van der Waals surface area contributed by atoms with Gasteiger partial charge in [-0.1, -0.05) is 22.3 Å². The van der Waals surface area contributed by atoms with Crippen molar-refractivity contribution < 1.29 is 97.9 Å². The summed E-state index contributed by atoms with van der Waals surface area (Å²) in [5.41, 5.74) is 0. The van der Waals surface area contributed by atoms with Gasteiger partial charge >= 0.3 is 23.1 Å². The van der Waals surface area contributed by atoms with Gasteiger partial charge in [0.15, 0.2) is 41.8 Å². The van der Waals surface area contributed by atoms with Crippen LogP contribution >= 0.6 is 0 Å². The van der Waals surface area contributed by atoms with Crippen molar-refractivity contribution in [3.63, 3.8) is 0 Å². The SMILES string of the molecule is C.C.C.C1COCCN1.C1COCC[N-]1.CC1(C)OC[C@H]([C@H]2O[C@@H]3OC(C)(C)O[C@H]3C2ON2CCOCC2)O1.CC1(C)OC[C@H]([C@H]2O[C@@H]3OC(C)(C)O[C@H]3C2OOCC2CCCCO2)O1.[Br-].[Mg+2]. The molecule has 11 atom stereocenters. The number of hydroxylamine groups is 2. The van der Waals surface area contributed by atoms with Gasteiger partial charge in [-0.3, -0.25) is 4.84 Å². The number of hydrogen-bond acceptors (Lipinski definition) is 19. The van der Waals surface area contributed by atoms with Gasteiger partial charge in [0, 0.05) is 46.0 Å². The first-order chi connectivity index (χ1) is 29.7. The maximum Gasteiger partial charge on any atom is 2.00 e. The van der Waals surface area contributed by atoms with Crippen LogP contribution in [0.25, 0.3) is 5.32 Å². The van der Waals surface area contributed by atoms with Gasteiger partial charge in [-0.05, 0) is 74.7 Å². The minimum absolute atomic E-state index is 0. The molecular formula is C45H86BrMgN3O17. The Morgan fingerprint density at radius 2 is 1.09 bits per heavy atom. The first kappa shape index (κ1) is 63.6. The molecule has 3 unspecified atom stereocenters. The van der Waals surface area contributed by atoms with E-state index in [4.69, 9.17) is 80.9 Å². The Labute approximate surface area is 427 Å². The number of morpholine rings is 3. The largest absolute Gasteiger partial charge is 2.00 e. The van der Waals surface area contributed by atoms with E-state index in [0.717, 1.165) is 91.6 Å². The van der Waals surface area contributed by atoms with Crippen LogP contribution in [0, 0.1) is 0 Å². The fraction of sp³-hybridized carbons (Fsp3) is 1.00. The van der Waals surface area contributed by atoms with Gasteiger partial charge in [0.1, 0.15) is 49.3 Å². The van der Waals surface area contributed by atoms with Crippen LogP contribution in [0.4, 0.5) is 0 Å². The average molecular weight is 1050 g/mol. The van der Waals surface area contributed by atoms with Crippen LogP contribution in [0.1, 0.15) is 96.9 Å². The minimum atomic E-state index is -0.722. The second-order valence-corrected chi connectivity index (χ2v) is 18.5. The van der Waals surface area contributed by atoms with Gasteiger partial charge in [-0.25, -0.2) is 9.78 Å². The van der Waals surface area contributed by atoms with E-state index < -0.39 is 47.9 Å². The summed E-state index contributed by atoms with van der Waals surface area (Å²) in [6.45, 7) is 27.2. The zero-order valence-corrected chi connectivity index (χ0v) is 42.2. The van der Waals surface area contributed by atoms with Crippen LogP contribution in [-0.2, 0) is 80.9 Å². The maximum atomic E-state index is 6.24. The second-order valence-electron chi connectivity index (χ2n) is 18.5. The molecule has 0 saturated carbocycles. The summed E-state index contributed by atoms with van der Waals surface area (Å²) in [6.07, 6.45) is -0.280. The zero-order chi connectivity index (χ0) is 43.8. The molecule has 67 heavy (non-hydrogen) atoms.